The van der Waals surface area contributed by atoms with Crippen molar-refractivity contribution in [3.63, 3.8) is 0 Å². The molecule has 0 fully saturated rings. The van der Waals surface area contributed by atoms with Crippen LogP contribution in [0.1, 0.15) is 0 Å². The highest BCUT2D eigenvalue weighted by molar-refractivity contribution is 7.92. The van der Waals surface area contributed by atoms with Crippen molar-refractivity contribution in [3.05, 3.63) is 41.6 Å². The molecule has 0 aliphatic rings. The van der Waals surface area contributed by atoms with Crippen LogP contribution in [-0.2, 0) is 10.0 Å². The Bertz CT molecular complexity index is 763. The molecule has 1 aromatic carbocycles. The van der Waals surface area contributed by atoms with Crippen LogP contribution in [0.2, 0.25) is 5.02 Å². The fourth-order valence-corrected chi connectivity index (χ4v) is 3.01. The van der Waals surface area contributed by atoms with Crippen LogP contribution in [0.3, 0.4) is 0 Å². The van der Waals surface area contributed by atoms with Gasteiger partial charge in [0.1, 0.15) is 10.7 Å². The number of rotatable bonds is 4. The molecule has 112 valence electrons. The number of nitrogen functional groups attached to an aromatic ring is 1. The SMILES string of the molecule is CN(C)c1ccccc1NS(=O)(=O)c1cnc(N)c(Cl)c1. The largest absolute Gasteiger partial charge is 0.382 e. The summed E-state index contributed by atoms with van der Waals surface area (Å²) in [6.07, 6.45) is 1.17. The van der Waals surface area contributed by atoms with E-state index in [1.807, 2.05) is 31.1 Å². The molecule has 0 aliphatic carbocycles. The standard InChI is InChI=1S/C13H15ClN4O2S/c1-18(2)12-6-4-3-5-11(12)17-21(19,20)9-7-10(14)13(15)16-8-9/h3-8,17H,1-2H3,(H2,15,16). The van der Waals surface area contributed by atoms with E-state index >= 15 is 0 Å². The Morgan fingerprint density at radius 1 is 1.29 bits per heavy atom. The number of hydrogen-bond acceptors (Lipinski definition) is 5. The summed E-state index contributed by atoms with van der Waals surface area (Å²) in [6, 6.07) is 8.34. The Hall–Kier alpha value is -1.99. The van der Waals surface area contributed by atoms with Crippen molar-refractivity contribution in [2.75, 3.05) is 29.5 Å². The Kier molecular flexibility index (Phi) is 4.24. The van der Waals surface area contributed by atoms with Crippen molar-refractivity contribution >= 4 is 38.8 Å². The Morgan fingerprint density at radius 2 is 1.95 bits per heavy atom. The smallest absolute Gasteiger partial charge is 0.263 e. The van der Waals surface area contributed by atoms with Gasteiger partial charge in [-0.1, -0.05) is 23.7 Å². The van der Waals surface area contributed by atoms with Gasteiger partial charge in [-0.05, 0) is 18.2 Å². The van der Waals surface area contributed by atoms with Crippen molar-refractivity contribution in [3.8, 4) is 0 Å². The van der Waals surface area contributed by atoms with Crippen LogP contribution < -0.4 is 15.4 Å². The van der Waals surface area contributed by atoms with E-state index in [4.69, 9.17) is 17.3 Å². The summed E-state index contributed by atoms with van der Waals surface area (Å²) in [7, 11) is -0.131. The van der Waals surface area contributed by atoms with Gasteiger partial charge in [-0.25, -0.2) is 13.4 Å². The Morgan fingerprint density at radius 3 is 2.57 bits per heavy atom. The van der Waals surface area contributed by atoms with E-state index in [0.717, 1.165) is 5.69 Å². The van der Waals surface area contributed by atoms with Crippen LogP contribution in [-0.4, -0.2) is 27.5 Å². The predicted octanol–water partition coefficient (Wildman–Crippen LogP) is 2.18. The number of nitrogens with zero attached hydrogens (tertiary/aromatic N) is 2. The summed E-state index contributed by atoms with van der Waals surface area (Å²) >= 11 is 5.82. The van der Waals surface area contributed by atoms with Crippen molar-refractivity contribution < 1.29 is 8.42 Å². The molecule has 1 heterocycles. The lowest BCUT2D eigenvalue weighted by atomic mass is 10.2. The highest BCUT2D eigenvalue weighted by atomic mass is 35.5. The van der Waals surface area contributed by atoms with Crippen LogP contribution in [0.5, 0.6) is 0 Å². The van der Waals surface area contributed by atoms with E-state index in [1.165, 1.54) is 12.3 Å². The maximum Gasteiger partial charge on any atom is 0.263 e. The zero-order valence-corrected chi connectivity index (χ0v) is 13.1. The molecule has 0 saturated carbocycles. The molecule has 0 radical (unpaired) electrons. The van der Waals surface area contributed by atoms with Gasteiger partial charge in [0.05, 0.1) is 16.4 Å². The molecule has 21 heavy (non-hydrogen) atoms. The number of hydrogen-bond donors (Lipinski definition) is 2. The summed E-state index contributed by atoms with van der Waals surface area (Å²) in [5, 5.41) is 0.0961. The lowest BCUT2D eigenvalue weighted by molar-refractivity contribution is 0.601. The molecular formula is C13H15ClN4O2S. The van der Waals surface area contributed by atoms with Crippen molar-refractivity contribution in [1.29, 1.82) is 0 Å². The van der Waals surface area contributed by atoms with E-state index in [0.29, 0.717) is 5.69 Å². The third-order valence-corrected chi connectivity index (χ3v) is 4.42. The molecule has 0 spiro atoms. The lowest BCUT2D eigenvalue weighted by Crippen LogP contribution is -2.17. The van der Waals surface area contributed by atoms with Crippen molar-refractivity contribution in [2.45, 2.75) is 4.90 Å². The molecule has 0 saturated heterocycles. The van der Waals surface area contributed by atoms with Crippen molar-refractivity contribution in [1.82, 2.24) is 4.98 Å². The molecule has 3 N–H and O–H groups in total. The van der Waals surface area contributed by atoms with Gasteiger partial charge in [-0.15, -0.1) is 0 Å². The fraction of sp³-hybridized carbons (Fsp3) is 0.154. The van der Waals surface area contributed by atoms with Gasteiger partial charge in [0.15, 0.2) is 0 Å². The molecule has 2 rings (SSSR count). The summed E-state index contributed by atoms with van der Waals surface area (Å²) in [4.78, 5) is 5.53. The lowest BCUT2D eigenvalue weighted by Gasteiger charge is -2.18. The first-order valence-electron chi connectivity index (χ1n) is 6.01. The van der Waals surface area contributed by atoms with Gasteiger partial charge in [0.2, 0.25) is 0 Å². The minimum atomic E-state index is -3.79. The van der Waals surface area contributed by atoms with E-state index in [9.17, 15) is 8.42 Å². The van der Waals surface area contributed by atoms with E-state index in [-0.39, 0.29) is 15.7 Å². The molecule has 6 nitrogen and oxygen atoms in total. The van der Waals surface area contributed by atoms with Crippen LogP contribution in [0.25, 0.3) is 0 Å². The van der Waals surface area contributed by atoms with Gasteiger partial charge in [0.25, 0.3) is 10.0 Å². The number of pyridine rings is 1. The highest BCUT2D eigenvalue weighted by Crippen LogP contribution is 2.27. The second kappa shape index (κ2) is 5.79. The summed E-state index contributed by atoms with van der Waals surface area (Å²) in [5.74, 6) is 0.0873. The van der Waals surface area contributed by atoms with Gasteiger partial charge in [0, 0.05) is 20.3 Å². The Balaban J connectivity index is 2.40. The summed E-state index contributed by atoms with van der Waals surface area (Å²) in [5.41, 5.74) is 6.70. The van der Waals surface area contributed by atoms with Gasteiger partial charge >= 0.3 is 0 Å². The number of nitrogens with two attached hydrogens (primary N) is 1. The third-order valence-electron chi connectivity index (χ3n) is 2.79. The normalized spacial score (nSPS) is 11.2. The molecule has 8 heteroatoms. The number of para-hydroxylation sites is 2. The molecular weight excluding hydrogens is 312 g/mol. The minimum absolute atomic E-state index is 0.0461. The number of halogens is 1. The summed E-state index contributed by atoms with van der Waals surface area (Å²) in [6.45, 7) is 0. The van der Waals surface area contributed by atoms with E-state index in [2.05, 4.69) is 9.71 Å². The van der Waals surface area contributed by atoms with Crippen molar-refractivity contribution in [2.24, 2.45) is 0 Å². The quantitative estimate of drug-likeness (QED) is 0.899. The number of benzene rings is 1. The monoisotopic (exact) mass is 326 g/mol. The van der Waals surface area contributed by atoms with Crippen LogP contribution in [0.15, 0.2) is 41.4 Å². The maximum atomic E-state index is 12.4. The number of nitrogens with one attached hydrogen (secondary N) is 1. The average Bonchev–Trinajstić information content (AvgIpc) is 2.41. The van der Waals surface area contributed by atoms with E-state index in [1.54, 1.807) is 12.1 Å². The van der Waals surface area contributed by atoms with E-state index < -0.39 is 10.0 Å². The average molecular weight is 327 g/mol. The predicted molar refractivity (Wildman–Crippen MR) is 85.2 cm³/mol. The molecule has 0 bridgehead atoms. The number of aromatic nitrogens is 1. The second-order valence-electron chi connectivity index (χ2n) is 4.56. The van der Waals surface area contributed by atoms with Crippen LogP contribution in [0, 0.1) is 0 Å². The zero-order chi connectivity index (χ0) is 15.6. The first-order valence-corrected chi connectivity index (χ1v) is 7.87. The summed E-state index contributed by atoms with van der Waals surface area (Å²) < 4.78 is 27.3. The first-order chi connectivity index (χ1) is 9.81. The molecule has 0 aliphatic heterocycles. The van der Waals surface area contributed by atoms with Gasteiger partial charge in [-0.3, -0.25) is 4.72 Å². The number of sulfonamides is 1. The first kappa shape index (κ1) is 15.4. The second-order valence-corrected chi connectivity index (χ2v) is 6.64. The van der Waals surface area contributed by atoms with Gasteiger partial charge in [-0.2, -0.15) is 0 Å². The molecule has 0 atom stereocenters. The minimum Gasteiger partial charge on any atom is -0.382 e. The fourth-order valence-electron chi connectivity index (χ4n) is 1.73. The van der Waals surface area contributed by atoms with Gasteiger partial charge < -0.3 is 10.6 Å². The van der Waals surface area contributed by atoms with Crippen LogP contribution >= 0.6 is 11.6 Å². The zero-order valence-electron chi connectivity index (χ0n) is 11.5. The third kappa shape index (κ3) is 3.37. The highest BCUT2D eigenvalue weighted by Gasteiger charge is 2.18. The maximum absolute atomic E-state index is 12.4. The molecule has 2 aromatic rings. The topological polar surface area (TPSA) is 88.3 Å². The Labute approximate surface area is 128 Å². The van der Waals surface area contributed by atoms with Crippen LogP contribution in [0.4, 0.5) is 17.2 Å². The molecule has 0 amide bonds. The molecule has 1 aromatic heterocycles. The number of anilines is 3. The molecule has 0 unspecified atom stereocenters.